The smallest absolute Gasteiger partial charge is 0.338 e. The van der Waals surface area contributed by atoms with E-state index < -0.39 is 23.4 Å². The lowest BCUT2D eigenvalue weighted by atomic mass is 10.2. The lowest BCUT2D eigenvalue weighted by Crippen LogP contribution is -2.22. The number of esters is 1. The molecule has 1 N–H and O–H groups in total. The van der Waals surface area contributed by atoms with E-state index >= 15 is 0 Å². The SMILES string of the molecule is CCN(CC)c1ccc(C(=O)OCC(=O)Nc2ccccc2[N+](=O)[O-])cc1. The van der Waals surface area contributed by atoms with Crippen molar-refractivity contribution in [1.82, 2.24) is 0 Å². The molecular weight excluding hydrogens is 350 g/mol. The standard InChI is InChI=1S/C19H21N3O5/c1-3-21(4-2)15-11-9-14(10-12-15)19(24)27-13-18(23)20-16-7-5-6-8-17(16)22(25)26/h5-12H,3-4,13H2,1-2H3,(H,20,23). The number of para-hydroxylation sites is 2. The predicted molar refractivity (Wildman–Crippen MR) is 102 cm³/mol. The minimum atomic E-state index is -0.655. The highest BCUT2D eigenvalue weighted by atomic mass is 16.6. The quantitative estimate of drug-likeness (QED) is 0.434. The molecule has 0 aliphatic carbocycles. The number of hydrogen-bond donors (Lipinski definition) is 1. The van der Waals surface area contributed by atoms with E-state index in [9.17, 15) is 19.7 Å². The van der Waals surface area contributed by atoms with E-state index in [0.717, 1.165) is 18.8 Å². The number of anilines is 2. The normalized spacial score (nSPS) is 10.1. The molecule has 0 radical (unpaired) electrons. The maximum Gasteiger partial charge on any atom is 0.338 e. The first kappa shape index (κ1) is 19.9. The van der Waals surface area contributed by atoms with Crippen LogP contribution in [0.4, 0.5) is 17.1 Å². The molecule has 8 nitrogen and oxygen atoms in total. The van der Waals surface area contributed by atoms with Crippen molar-refractivity contribution in [2.24, 2.45) is 0 Å². The van der Waals surface area contributed by atoms with Crippen LogP contribution < -0.4 is 10.2 Å². The second-order valence-corrected chi connectivity index (χ2v) is 5.62. The number of nitro groups is 1. The van der Waals surface area contributed by atoms with Gasteiger partial charge in [0.15, 0.2) is 6.61 Å². The van der Waals surface area contributed by atoms with Crippen LogP contribution in [0.3, 0.4) is 0 Å². The molecule has 0 saturated carbocycles. The van der Waals surface area contributed by atoms with Crippen molar-refractivity contribution in [1.29, 1.82) is 0 Å². The second kappa shape index (κ2) is 9.33. The summed E-state index contributed by atoms with van der Waals surface area (Å²) in [4.78, 5) is 36.5. The molecule has 0 heterocycles. The van der Waals surface area contributed by atoms with E-state index in [2.05, 4.69) is 10.2 Å². The van der Waals surface area contributed by atoms with Gasteiger partial charge >= 0.3 is 5.97 Å². The summed E-state index contributed by atoms with van der Waals surface area (Å²) >= 11 is 0. The van der Waals surface area contributed by atoms with Crippen LogP contribution in [0.25, 0.3) is 0 Å². The molecule has 0 aliphatic rings. The van der Waals surface area contributed by atoms with Crippen LogP contribution >= 0.6 is 0 Å². The Balaban J connectivity index is 1.93. The predicted octanol–water partition coefficient (Wildman–Crippen LogP) is 3.24. The summed E-state index contributed by atoms with van der Waals surface area (Å²) in [6.45, 7) is 5.25. The molecule has 2 rings (SSSR count). The van der Waals surface area contributed by atoms with Gasteiger partial charge in [0.1, 0.15) is 5.69 Å². The summed E-state index contributed by atoms with van der Waals surface area (Å²) in [6, 6.07) is 12.6. The summed E-state index contributed by atoms with van der Waals surface area (Å²) in [6.07, 6.45) is 0. The van der Waals surface area contributed by atoms with Crippen LogP contribution in [-0.4, -0.2) is 36.5 Å². The number of nitrogens with zero attached hydrogens (tertiary/aromatic N) is 2. The van der Waals surface area contributed by atoms with Gasteiger partial charge in [-0.05, 0) is 44.2 Å². The molecule has 0 unspecified atom stereocenters. The van der Waals surface area contributed by atoms with Gasteiger partial charge in [-0.2, -0.15) is 0 Å². The van der Waals surface area contributed by atoms with Crippen LogP contribution in [0.1, 0.15) is 24.2 Å². The number of nitrogens with one attached hydrogen (secondary N) is 1. The Morgan fingerprint density at radius 2 is 1.70 bits per heavy atom. The lowest BCUT2D eigenvalue weighted by molar-refractivity contribution is -0.383. The number of carbonyl (C=O) groups is 2. The average Bonchev–Trinajstić information content (AvgIpc) is 2.68. The average molecular weight is 371 g/mol. The molecule has 8 heteroatoms. The molecule has 0 aromatic heterocycles. The number of rotatable bonds is 8. The third-order valence-electron chi connectivity index (χ3n) is 3.94. The van der Waals surface area contributed by atoms with E-state index in [4.69, 9.17) is 4.74 Å². The molecule has 0 bridgehead atoms. The van der Waals surface area contributed by atoms with Gasteiger partial charge in [0.25, 0.3) is 11.6 Å². The van der Waals surface area contributed by atoms with Gasteiger partial charge in [0.05, 0.1) is 10.5 Å². The first-order valence-electron chi connectivity index (χ1n) is 8.51. The van der Waals surface area contributed by atoms with E-state index in [1.807, 2.05) is 26.0 Å². The van der Waals surface area contributed by atoms with Crippen molar-refractivity contribution in [3.05, 3.63) is 64.2 Å². The maximum atomic E-state index is 12.1. The Bertz CT molecular complexity index is 816. The van der Waals surface area contributed by atoms with Crippen LogP contribution in [0.5, 0.6) is 0 Å². The van der Waals surface area contributed by atoms with E-state index in [1.54, 1.807) is 18.2 Å². The summed E-state index contributed by atoms with van der Waals surface area (Å²) in [5.74, 6) is -1.30. The topological polar surface area (TPSA) is 102 Å². The number of hydrogen-bond acceptors (Lipinski definition) is 6. The highest BCUT2D eigenvalue weighted by Crippen LogP contribution is 2.23. The fraction of sp³-hybridized carbons (Fsp3) is 0.263. The van der Waals surface area contributed by atoms with Crippen molar-refractivity contribution in [3.8, 4) is 0 Å². The second-order valence-electron chi connectivity index (χ2n) is 5.62. The Kier molecular flexibility index (Phi) is 6.87. The molecule has 2 aromatic carbocycles. The van der Waals surface area contributed by atoms with Crippen molar-refractivity contribution < 1.29 is 19.2 Å². The molecule has 0 fully saturated rings. The number of ether oxygens (including phenoxy) is 1. The fourth-order valence-corrected chi connectivity index (χ4v) is 2.54. The Hall–Kier alpha value is -3.42. The van der Waals surface area contributed by atoms with Gasteiger partial charge < -0.3 is 15.0 Å². The molecule has 0 atom stereocenters. The molecule has 2 aromatic rings. The van der Waals surface area contributed by atoms with Crippen molar-refractivity contribution in [2.75, 3.05) is 29.9 Å². The fourth-order valence-electron chi connectivity index (χ4n) is 2.54. The molecule has 27 heavy (non-hydrogen) atoms. The van der Waals surface area contributed by atoms with E-state index in [-0.39, 0.29) is 11.4 Å². The summed E-state index contributed by atoms with van der Waals surface area (Å²) in [5.41, 5.74) is 1.13. The first-order chi connectivity index (χ1) is 13.0. The third-order valence-corrected chi connectivity index (χ3v) is 3.94. The Morgan fingerprint density at radius 1 is 1.07 bits per heavy atom. The van der Waals surface area contributed by atoms with Crippen LogP contribution in [-0.2, 0) is 9.53 Å². The van der Waals surface area contributed by atoms with E-state index in [0.29, 0.717) is 5.56 Å². The Labute approximate surface area is 156 Å². The van der Waals surface area contributed by atoms with Crippen molar-refractivity contribution in [2.45, 2.75) is 13.8 Å². The van der Waals surface area contributed by atoms with Gasteiger partial charge in [-0.1, -0.05) is 12.1 Å². The van der Waals surface area contributed by atoms with Crippen LogP contribution in [0.2, 0.25) is 0 Å². The molecule has 0 spiro atoms. The molecular formula is C19H21N3O5. The number of nitro benzene ring substituents is 1. The lowest BCUT2D eigenvalue weighted by Gasteiger charge is -2.20. The van der Waals surface area contributed by atoms with Crippen LogP contribution in [0, 0.1) is 10.1 Å². The highest BCUT2D eigenvalue weighted by Gasteiger charge is 2.16. The van der Waals surface area contributed by atoms with Gasteiger partial charge in [0.2, 0.25) is 0 Å². The number of carbonyl (C=O) groups excluding carboxylic acids is 2. The molecule has 1 amide bonds. The van der Waals surface area contributed by atoms with Gasteiger partial charge in [-0.15, -0.1) is 0 Å². The zero-order valence-corrected chi connectivity index (χ0v) is 15.2. The minimum absolute atomic E-state index is 0.0483. The highest BCUT2D eigenvalue weighted by molar-refractivity contribution is 5.96. The summed E-state index contributed by atoms with van der Waals surface area (Å²) < 4.78 is 4.98. The zero-order chi connectivity index (χ0) is 19.8. The molecule has 142 valence electrons. The first-order valence-corrected chi connectivity index (χ1v) is 8.51. The van der Waals surface area contributed by atoms with Gasteiger partial charge in [0, 0.05) is 24.8 Å². The Morgan fingerprint density at radius 3 is 2.30 bits per heavy atom. The number of benzene rings is 2. The van der Waals surface area contributed by atoms with E-state index in [1.165, 1.54) is 18.2 Å². The zero-order valence-electron chi connectivity index (χ0n) is 15.2. The van der Waals surface area contributed by atoms with Crippen molar-refractivity contribution >= 4 is 28.9 Å². The van der Waals surface area contributed by atoms with Crippen LogP contribution in [0.15, 0.2) is 48.5 Å². The number of amides is 1. The minimum Gasteiger partial charge on any atom is -0.452 e. The largest absolute Gasteiger partial charge is 0.452 e. The van der Waals surface area contributed by atoms with Gasteiger partial charge in [-0.25, -0.2) is 4.79 Å². The summed E-state index contributed by atoms with van der Waals surface area (Å²) in [5, 5.41) is 13.3. The van der Waals surface area contributed by atoms with Crippen molar-refractivity contribution in [3.63, 3.8) is 0 Å². The maximum absolute atomic E-state index is 12.1. The molecule has 0 saturated heterocycles. The monoisotopic (exact) mass is 371 g/mol. The third kappa shape index (κ3) is 5.27. The molecule has 0 aliphatic heterocycles. The van der Waals surface area contributed by atoms with Gasteiger partial charge in [-0.3, -0.25) is 14.9 Å². The summed E-state index contributed by atoms with van der Waals surface area (Å²) in [7, 11) is 0.